The maximum atomic E-state index is 12.9. The lowest BCUT2D eigenvalue weighted by atomic mass is 10.1. The lowest BCUT2D eigenvalue weighted by molar-refractivity contribution is 0.295. The number of halogens is 2. The summed E-state index contributed by atoms with van der Waals surface area (Å²) in [7, 11) is 0. The van der Waals surface area contributed by atoms with Gasteiger partial charge in [0.25, 0.3) is 0 Å². The highest BCUT2D eigenvalue weighted by Gasteiger charge is 2.38. The van der Waals surface area contributed by atoms with E-state index in [4.69, 9.17) is 10.00 Å². The van der Waals surface area contributed by atoms with Gasteiger partial charge in [0, 0.05) is 12.1 Å². The number of rotatable bonds is 4. The van der Waals surface area contributed by atoms with Crippen LogP contribution in [0.15, 0.2) is 41.1 Å². The van der Waals surface area contributed by atoms with E-state index in [1.54, 1.807) is 12.3 Å². The molecule has 106 valence electrons. The number of pyridine rings is 1. The molecule has 5 heteroatoms. The normalized spacial score (nSPS) is 19.9. The Labute approximate surface area is 130 Å². The van der Waals surface area contributed by atoms with Gasteiger partial charge >= 0.3 is 0 Å². The first-order valence-corrected chi connectivity index (χ1v) is 7.41. The van der Waals surface area contributed by atoms with Gasteiger partial charge in [-0.1, -0.05) is 12.1 Å². The molecule has 0 aliphatic heterocycles. The van der Waals surface area contributed by atoms with Gasteiger partial charge in [0.1, 0.15) is 27.8 Å². The zero-order chi connectivity index (χ0) is 14.8. The van der Waals surface area contributed by atoms with Crippen LogP contribution in [0.4, 0.5) is 4.39 Å². The van der Waals surface area contributed by atoms with Gasteiger partial charge in [-0.05, 0) is 52.0 Å². The summed E-state index contributed by atoms with van der Waals surface area (Å²) in [5.74, 6) is 1.16. The Balaban J connectivity index is 1.62. The SMILES string of the molecule is N#Cc1c(OC[C@H]2C[C@@H]2c2ccc(F)cc2)ccnc1Br. The van der Waals surface area contributed by atoms with E-state index in [-0.39, 0.29) is 5.82 Å². The summed E-state index contributed by atoms with van der Waals surface area (Å²) in [5, 5.41) is 9.10. The summed E-state index contributed by atoms with van der Waals surface area (Å²) >= 11 is 3.24. The zero-order valence-electron chi connectivity index (χ0n) is 11.1. The minimum absolute atomic E-state index is 0.215. The molecular formula is C16H12BrFN2O. The molecule has 2 aromatic rings. The minimum atomic E-state index is -0.215. The van der Waals surface area contributed by atoms with E-state index < -0.39 is 0 Å². The van der Waals surface area contributed by atoms with Crippen LogP contribution in [0, 0.1) is 23.1 Å². The van der Waals surface area contributed by atoms with Crippen molar-refractivity contribution in [2.45, 2.75) is 12.3 Å². The number of aromatic nitrogens is 1. The third-order valence-corrected chi connectivity index (χ3v) is 4.25. The number of nitriles is 1. The third kappa shape index (κ3) is 3.06. The number of hydrogen-bond acceptors (Lipinski definition) is 3. The number of nitrogens with zero attached hydrogens (tertiary/aromatic N) is 2. The number of benzene rings is 1. The molecule has 1 saturated carbocycles. The Hall–Kier alpha value is -1.93. The maximum Gasteiger partial charge on any atom is 0.141 e. The van der Waals surface area contributed by atoms with Crippen molar-refractivity contribution in [2.75, 3.05) is 6.61 Å². The first kappa shape index (κ1) is 14.0. The highest BCUT2D eigenvalue weighted by atomic mass is 79.9. The quantitative estimate of drug-likeness (QED) is 0.785. The molecule has 0 bridgehead atoms. The second-order valence-electron chi connectivity index (χ2n) is 5.05. The van der Waals surface area contributed by atoms with E-state index in [1.165, 1.54) is 12.1 Å². The van der Waals surface area contributed by atoms with Gasteiger partial charge < -0.3 is 4.74 Å². The van der Waals surface area contributed by atoms with E-state index in [2.05, 4.69) is 27.0 Å². The molecule has 2 atom stereocenters. The monoisotopic (exact) mass is 346 g/mol. The summed E-state index contributed by atoms with van der Waals surface area (Å²) in [4.78, 5) is 4.00. The topological polar surface area (TPSA) is 45.9 Å². The second-order valence-corrected chi connectivity index (χ2v) is 5.80. The van der Waals surface area contributed by atoms with Gasteiger partial charge in [0.15, 0.2) is 0 Å². The molecule has 0 spiro atoms. The Bertz CT molecular complexity index is 696. The van der Waals surface area contributed by atoms with Crippen molar-refractivity contribution in [1.82, 2.24) is 4.98 Å². The molecule has 1 heterocycles. The van der Waals surface area contributed by atoms with Gasteiger partial charge in [-0.3, -0.25) is 0 Å². The van der Waals surface area contributed by atoms with Crippen LogP contribution in [0.25, 0.3) is 0 Å². The fourth-order valence-electron chi connectivity index (χ4n) is 2.39. The average Bonchev–Trinajstić information content (AvgIpc) is 3.25. The summed E-state index contributed by atoms with van der Waals surface area (Å²) in [6.45, 7) is 0.549. The molecule has 3 rings (SSSR count). The van der Waals surface area contributed by atoms with E-state index in [9.17, 15) is 4.39 Å². The summed E-state index contributed by atoms with van der Waals surface area (Å²) in [5.41, 5.74) is 1.55. The van der Waals surface area contributed by atoms with Gasteiger partial charge in [-0.25, -0.2) is 9.37 Å². The van der Waals surface area contributed by atoms with Crippen LogP contribution in [0.3, 0.4) is 0 Å². The van der Waals surface area contributed by atoms with Gasteiger partial charge in [-0.2, -0.15) is 5.26 Å². The average molecular weight is 347 g/mol. The molecular weight excluding hydrogens is 335 g/mol. The van der Waals surface area contributed by atoms with Crippen LogP contribution < -0.4 is 4.74 Å². The fourth-order valence-corrected chi connectivity index (χ4v) is 2.79. The second kappa shape index (κ2) is 5.82. The Morgan fingerprint density at radius 1 is 1.33 bits per heavy atom. The Morgan fingerprint density at radius 2 is 2.10 bits per heavy atom. The van der Waals surface area contributed by atoms with Crippen LogP contribution in [0.1, 0.15) is 23.5 Å². The van der Waals surface area contributed by atoms with E-state index in [1.807, 2.05) is 12.1 Å². The van der Waals surface area contributed by atoms with Crippen LogP contribution in [-0.2, 0) is 0 Å². The zero-order valence-corrected chi connectivity index (χ0v) is 12.7. The highest BCUT2D eigenvalue weighted by molar-refractivity contribution is 9.10. The molecule has 0 saturated heterocycles. The van der Waals surface area contributed by atoms with E-state index in [0.29, 0.717) is 34.4 Å². The van der Waals surface area contributed by atoms with E-state index in [0.717, 1.165) is 12.0 Å². The molecule has 0 N–H and O–H groups in total. The lowest BCUT2D eigenvalue weighted by Crippen LogP contribution is -2.03. The Kier molecular flexibility index (Phi) is 3.89. The van der Waals surface area contributed by atoms with Crippen LogP contribution in [0.5, 0.6) is 5.75 Å². The molecule has 3 nitrogen and oxygen atoms in total. The van der Waals surface area contributed by atoms with Crippen molar-refractivity contribution in [2.24, 2.45) is 5.92 Å². The van der Waals surface area contributed by atoms with Gasteiger partial charge in [0.2, 0.25) is 0 Å². The van der Waals surface area contributed by atoms with Crippen molar-refractivity contribution >= 4 is 15.9 Å². The largest absolute Gasteiger partial charge is 0.492 e. The smallest absolute Gasteiger partial charge is 0.141 e. The van der Waals surface area contributed by atoms with Crippen molar-refractivity contribution in [3.8, 4) is 11.8 Å². The molecule has 1 aliphatic rings. The molecule has 0 radical (unpaired) electrons. The van der Waals surface area contributed by atoms with Crippen molar-refractivity contribution in [3.63, 3.8) is 0 Å². The lowest BCUT2D eigenvalue weighted by Gasteiger charge is -2.08. The summed E-state index contributed by atoms with van der Waals surface area (Å²) < 4.78 is 19.1. The standard InChI is InChI=1S/C16H12BrFN2O/c17-16-14(8-19)15(5-6-20-16)21-9-11-7-13(11)10-1-3-12(18)4-2-10/h1-6,11,13H,7,9H2/t11-,13-/m1/s1. The van der Waals surface area contributed by atoms with Crippen LogP contribution >= 0.6 is 15.9 Å². The van der Waals surface area contributed by atoms with Crippen molar-refractivity contribution in [3.05, 3.63) is 58.1 Å². The van der Waals surface area contributed by atoms with Gasteiger partial charge in [0.05, 0.1) is 6.61 Å². The number of hydrogen-bond donors (Lipinski definition) is 0. The van der Waals surface area contributed by atoms with Crippen molar-refractivity contribution < 1.29 is 9.13 Å². The molecule has 1 aliphatic carbocycles. The molecule has 1 fully saturated rings. The summed E-state index contributed by atoms with van der Waals surface area (Å²) in [6, 6.07) is 10.4. The van der Waals surface area contributed by atoms with Crippen molar-refractivity contribution in [1.29, 1.82) is 5.26 Å². The molecule has 1 aromatic heterocycles. The fraction of sp³-hybridized carbons (Fsp3) is 0.250. The predicted molar refractivity (Wildman–Crippen MR) is 79.4 cm³/mol. The maximum absolute atomic E-state index is 12.9. The third-order valence-electron chi connectivity index (χ3n) is 3.65. The molecule has 1 aromatic carbocycles. The van der Waals surface area contributed by atoms with Crippen LogP contribution in [-0.4, -0.2) is 11.6 Å². The highest BCUT2D eigenvalue weighted by Crippen LogP contribution is 2.47. The molecule has 0 unspecified atom stereocenters. The van der Waals surface area contributed by atoms with E-state index >= 15 is 0 Å². The first-order chi connectivity index (χ1) is 10.2. The van der Waals surface area contributed by atoms with Crippen LogP contribution in [0.2, 0.25) is 0 Å². The minimum Gasteiger partial charge on any atom is -0.492 e. The Morgan fingerprint density at radius 3 is 2.81 bits per heavy atom. The molecule has 21 heavy (non-hydrogen) atoms. The van der Waals surface area contributed by atoms with Gasteiger partial charge in [-0.15, -0.1) is 0 Å². The molecule has 0 amide bonds. The summed E-state index contributed by atoms with van der Waals surface area (Å²) in [6.07, 6.45) is 2.63. The number of ether oxygens (including phenoxy) is 1. The first-order valence-electron chi connectivity index (χ1n) is 6.62. The predicted octanol–water partition coefficient (Wildman–Crippen LogP) is 4.04.